The number of carbonyl (C=O) groups is 2. The molecule has 4 atom stereocenters. The number of ether oxygens (including phenoxy) is 1. The lowest BCUT2D eigenvalue weighted by Gasteiger charge is -2.45. The highest BCUT2D eigenvalue weighted by Crippen LogP contribution is 2.38. The molecule has 3 rings (SSSR count). The maximum atomic E-state index is 14.0. The summed E-state index contributed by atoms with van der Waals surface area (Å²) in [6.07, 6.45) is -1.76. The molecule has 1 aliphatic carbocycles. The Kier molecular flexibility index (Phi) is 8.62. The quantitative estimate of drug-likeness (QED) is 0.521. The Balaban J connectivity index is 1.80. The van der Waals surface area contributed by atoms with E-state index in [0.29, 0.717) is 18.7 Å². The van der Waals surface area contributed by atoms with Gasteiger partial charge in [-0.15, -0.1) is 13.2 Å². The van der Waals surface area contributed by atoms with Crippen LogP contribution in [0.1, 0.15) is 56.3 Å². The van der Waals surface area contributed by atoms with Crippen molar-refractivity contribution in [2.24, 2.45) is 5.92 Å². The van der Waals surface area contributed by atoms with E-state index in [2.05, 4.69) is 25.8 Å². The molecule has 1 aliphatic heterocycles. The fourth-order valence-electron chi connectivity index (χ4n) is 5.41. The largest absolute Gasteiger partial charge is 0.488 e. The third-order valence-electron chi connectivity index (χ3n) is 7.43. The summed E-state index contributed by atoms with van der Waals surface area (Å²) < 4.78 is 47.4. The number of carbonyl (C=O) groups excluding carboxylic acids is 2. The van der Waals surface area contributed by atoms with Gasteiger partial charge in [0.25, 0.3) is 5.91 Å². The van der Waals surface area contributed by atoms with E-state index in [-0.39, 0.29) is 35.4 Å². The van der Waals surface area contributed by atoms with E-state index < -0.39 is 24.2 Å². The summed E-state index contributed by atoms with van der Waals surface area (Å²) in [6, 6.07) is 6.39. The van der Waals surface area contributed by atoms with Crippen LogP contribution in [0.2, 0.25) is 0 Å². The van der Waals surface area contributed by atoms with Gasteiger partial charge in [0, 0.05) is 44.0 Å². The van der Waals surface area contributed by atoms with Crippen molar-refractivity contribution in [2.45, 2.75) is 76.4 Å². The van der Waals surface area contributed by atoms with Crippen molar-refractivity contribution < 1.29 is 27.5 Å². The number of hydrogen-bond acceptors (Lipinski definition) is 4. The van der Waals surface area contributed by atoms with E-state index in [1.807, 2.05) is 0 Å². The second-order valence-corrected chi connectivity index (χ2v) is 9.68. The van der Waals surface area contributed by atoms with Gasteiger partial charge in [0.05, 0.1) is 0 Å². The molecule has 0 aromatic heterocycles. The minimum Gasteiger partial charge on any atom is -0.385 e. The van der Waals surface area contributed by atoms with Crippen LogP contribution in [0, 0.1) is 5.92 Å². The zero-order valence-corrected chi connectivity index (χ0v) is 20.4. The van der Waals surface area contributed by atoms with Gasteiger partial charge in [-0.1, -0.05) is 18.2 Å². The van der Waals surface area contributed by atoms with Crippen LogP contribution in [0.4, 0.5) is 13.2 Å². The minimum atomic E-state index is -4.95. The maximum absolute atomic E-state index is 14.0. The smallest absolute Gasteiger partial charge is 0.385 e. The monoisotopic (exact) mass is 483 g/mol. The summed E-state index contributed by atoms with van der Waals surface area (Å²) >= 11 is 0. The SMILES string of the molecule is COCC[C@@H]1C[C@H](N(C)C(C)C)CC[C@@H]1N1CC[C@H](N(C(=O)c2ccccc2)C(F)(F)F)C1=O. The molecule has 1 saturated heterocycles. The van der Waals surface area contributed by atoms with Crippen LogP contribution in [-0.2, 0) is 9.53 Å². The lowest BCUT2D eigenvalue weighted by molar-refractivity contribution is -0.235. The molecular weight excluding hydrogens is 447 g/mol. The van der Waals surface area contributed by atoms with Crippen molar-refractivity contribution in [3.05, 3.63) is 35.9 Å². The van der Waals surface area contributed by atoms with E-state index in [9.17, 15) is 22.8 Å². The van der Waals surface area contributed by atoms with Gasteiger partial charge in [0.15, 0.2) is 0 Å². The van der Waals surface area contributed by atoms with Crippen molar-refractivity contribution in [1.82, 2.24) is 14.7 Å². The third-order valence-corrected chi connectivity index (χ3v) is 7.43. The molecule has 34 heavy (non-hydrogen) atoms. The average molecular weight is 484 g/mol. The Morgan fingerprint density at radius 2 is 1.85 bits per heavy atom. The van der Waals surface area contributed by atoms with Gasteiger partial charge in [0.1, 0.15) is 6.04 Å². The topological polar surface area (TPSA) is 53.1 Å². The molecule has 2 fully saturated rings. The molecule has 0 bridgehead atoms. The number of halogens is 3. The van der Waals surface area contributed by atoms with E-state index in [1.165, 1.54) is 24.3 Å². The van der Waals surface area contributed by atoms with E-state index >= 15 is 0 Å². The third kappa shape index (κ3) is 5.74. The molecule has 2 amide bonds. The lowest BCUT2D eigenvalue weighted by atomic mass is 9.78. The molecule has 1 saturated carbocycles. The van der Waals surface area contributed by atoms with Crippen LogP contribution in [0.15, 0.2) is 30.3 Å². The molecule has 0 radical (unpaired) electrons. The van der Waals surface area contributed by atoms with Crippen molar-refractivity contribution in [3.8, 4) is 0 Å². The first-order valence-corrected chi connectivity index (χ1v) is 12.0. The Hall–Kier alpha value is -2.13. The Labute approximate surface area is 200 Å². The number of likely N-dealkylation sites (tertiary alicyclic amines) is 1. The molecule has 6 nitrogen and oxygen atoms in total. The van der Waals surface area contributed by atoms with E-state index in [0.717, 1.165) is 25.7 Å². The zero-order valence-electron chi connectivity index (χ0n) is 20.4. The number of methoxy groups -OCH3 is 1. The van der Waals surface area contributed by atoms with E-state index in [1.54, 1.807) is 18.1 Å². The van der Waals surface area contributed by atoms with Crippen LogP contribution in [-0.4, -0.2) is 84.3 Å². The van der Waals surface area contributed by atoms with Crippen molar-refractivity contribution in [3.63, 3.8) is 0 Å². The standard InChI is InChI=1S/C25H36F3N3O3/c1-17(2)29(3)20-10-11-21(19(16-20)13-15-34-4)30-14-12-22(24(30)33)31(25(26,27)28)23(32)18-8-6-5-7-9-18/h5-9,17,19-22H,10-16H2,1-4H3/t19-,20-,21+,22+/m1/s1. The summed E-state index contributed by atoms with van der Waals surface area (Å²) in [7, 11) is 3.72. The number of alkyl halides is 3. The molecule has 1 aromatic rings. The molecule has 1 aromatic carbocycles. The van der Waals surface area contributed by atoms with Crippen LogP contribution in [0.3, 0.4) is 0 Å². The molecular formula is C25H36F3N3O3. The van der Waals surface area contributed by atoms with Crippen LogP contribution in [0.25, 0.3) is 0 Å². The van der Waals surface area contributed by atoms with Gasteiger partial charge >= 0.3 is 6.30 Å². The van der Waals surface area contributed by atoms with Crippen LogP contribution >= 0.6 is 0 Å². The predicted molar refractivity (Wildman–Crippen MR) is 123 cm³/mol. The maximum Gasteiger partial charge on any atom is 0.488 e. The molecule has 2 aliphatic rings. The summed E-state index contributed by atoms with van der Waals surface area (Å²) in [5.41, 5.74) is -0.0822. The number of rotatable bonds is 8. The van der Waals surface area contributed by atoms with Gasteiger partial charge < -0.3 is 14.5 Å². The van der Waals surface area contributed by atoms with Crippen molar-refractivity contribution >= 4 is 11.8 Å². The summed E-state index contributed by atoms with van der Waals surface area (Å²) in [5.74, 6) is -1.66. The van der Waals surface area contributed by atoms with E-state index in [4.69, 9.17) is 4.74 Å². The number of benzene rings is 1. The van der Waals surface area contributed by atoms with Crippen molar-refractivity contribution in [1.29, 1.82) is 0 Å². The Bertz CT molecular complexity index is 834. The van der Waals surface area contributed by atoms with Gasteiger partial charge in [0.2, 0.25) is 5.91 Å². The number of hydrogen-bond donors (Lipinski definition) is 0. The fourth-order valence-corrected chi connectivity index (χ4v) is 5.41. The number of nitrogens with zero attached hydrogens (tertiary/aromatic N) is 3. The van der Waals surface area contributed by atoms with Crippen LogP contribution < -0.4 is 0 Å². The highest BCUT2D eigenvalue weighted by atomic mass is 19.4. The van der Waals surface area contributed by atoms with Gasteiger partial charge in [-0.25, -0.2) is 4.90 Å². The number of amides is 2. The first-order valence-electron chi connectivity index (χ1n) is 12.0. The van der Waals surface area contributed by atoms with Gasteiger partial charge in [-0.3, -0.25) is 9.59 Å². The highest BCUT2D eigenvalue weighted by Gasteiger charge is 2.53. The van der Waals surface area contributed by atoms with Gasteiger partial charge in [-0.2, -0.15) is 0 Å². The summed E-state index contributed by atoms with van der Waals surface area (Å²) in [5, 5.41) is 0. The normalized spacial score (nSPS) is 25.9. The summed E-state index contributed by atoms with van der Waals surface area (Å²) in [4.78, 5) is 29.9. The molecule has 9 heteroatoms. The molecule has 0 spiro atoms. The van der Waals surface area contributed by atoms with Crippen molar-refractivity contribution in [2.75, 3.05) is 27.3 Å². The lowest BCUT2D eigenvalue weighted by Crippen LogP contribution is -2.55. The molecule has 1 heterocycles. The Morgan fingerprint density at radius 1 is 1.18 bits per heavy atom. The van der Waals surface area contributed by atoms with Crippen LogP contribution in [0.5, 0.6) is 0 Å². The Morgan fingerprint density at radius 3 is 2.44 bits per heavy atom. The zero-order chi connectivity index (χ0) is 25.0. The summed E-state index contributed by atoms with van der Waals surface area (Å²) in [6.45, 7) is 5.03. The second-order valence-electron chi connectivity index (χ2n) is 9.68. The average Bonchev–Trinajstić information content (AvgIpc) is 3.17. The molecule has 0 N–H and O–H groups in total. The molecule has 190 valence electrons. The first kappa shape index (κ1) is 26.5. The van der Waals surface area contributed by atoms with Gasteiger partial charge in [-0.05, 0) is 71.0 Å². The molecule has 0 unspecified atom stereocenters. The predicted octanol–water partition coefficient (Wildman–Crippen LogP) is 4.16. The second kappa shape index (κ2) is 11.1. The first-order chi connectivity index (χ1) is 16.1. The highest BCUT2D eigenvalue weighted by molar-refractivity contribution is 5.98. The fraction of sp³-hybridized carbons (Fsp3) is 0.680. The minimum absolute atomic E-state index is 0.0280.